The van der Waals surface area contributed by atoms with Crippen LogP contribution in [-0.2, 0) is 15.0 Å². The summed E-state index contributed by atoms with van der Waals surface area (Å²) in [5, 5.41) is -1.22. The smallest absolute Gasteiger partial charge is 0.307 e. The van der Waals surface area contributed by atoms with E-state index in [0.29, 0.717) is 0 Å². The minimum Gasteiger partial charge on any atom is -0.337 e. The first-order chi connectivity index (χ1) is 6.36. The highest BCUT2D eigenvalue weighted by molar-refractivity contribution is 7.87. The third kappa shape index (κ3) is 2.21. The van der Waals surface area contributed by atoms with E-state index in [4.69, 9.17) is 5.73 Å². The van der Waals surface area contributed by atoms with Gasteiger partial charge in [-0.05, 0) is 6.92 Å². The van der Waals surface area contributed by atoms with Crippen LogP contribution in [-0.4, -0.2) is 43.6 Å². The largest absolute Gasteiger partial charge is 0.337 e. The van der Waals surface area contributed by atoms with Crippen molar-refractivity contribution in [3.63, 3.8) is 0 Å². The van der Waals surface area contributed by atoms with Crippen LogP contribution < -0.4 is 5.73 Å². The first-order valence-corrected chi connectivity index (χ1v) is 5.74. The second-order valence-electron chi connectivity index (χ2n) is 3.43. The summed E-state index contributed by atoms with van der Waals surface area (Å²) in [6.45, 7) is 1.85. The lowest BCUT2D eigenvalue weighted by molar-refractivity contribution is -0.129. The molecule has 1 aliphatic rings. The number of hydrogen-bond acceptors (Lipinski definition) is 4. The summed E-state index contributed by atoms with van der Waals surface area (Å²) in [7, 11) is -4.61. The number of likely N-dealkylation sites (tertiary alicyclic amines) is 1. The van der Waals surface area contributed by atoms with E-state index in [1.54, 1.807) is 6.92 Å². The Bertz CT molecular complexity index is 330. The van der Waals surface area contributed by atoms with Crippen molar-refractivity contribution in [2.45, 2.75) is 24.6 Å². The third-order valence-electron chi connectivity index (χ3n) is 2.39. The fraction of sp³-hybridized carbons (Fsp3) is 0.857. The van der Waals surface area contributed by atoms with Crippen molar-refractivity contribution in [1.82, 2.24) is 4.90 Å². The van der Waals surface area contributed by atoms with Gasteiger partial charge in [-0.25, -0.2) is 0 Å². The van der Waals surface area contributed by atoms with E-state index in [2.05, 4.69) is 0 Å². The van der Waals surface area contributed by atoms with Gasteiger partial charge in [-0.1, -0.05) is 0 Å². The molecule has 7 heteroatoms. The van der Waals surface area contributed by atoms with E-state index < -0.39 is 15.5 Å². The van der Waals surface area contributed by atoms with Crippen LogP contribution in [0.1, 0.15) is 13.3 Å². The topological polar surface area (TPSA) is 80.5 Å². The summed E-state index contributed by atoms with van der Waals surface area (Å²) in [5.74, 6) is -0.353. The van der Waals surface area contributed by atoms with Crippen LogP contribution in [0.3, 0.4) is 0 Å². The van der Waals surface area contributed by atoms with Gasteiger partial charge in [-0.3, -0.25) is 4.79 Å². The molecule has 2 atom stereocenters. The van der Waals surface area contributed by atoms with E-state index in [-0.39, 0.29) is 31.5 Å². The molecule has 5 nitrogen and oxygen atoms in total. The molecule has 0 aliphatic carbocycles. The second kappa shape index (κ2) is 3.82. The lowest BCUT2D eigenvalue weighted by Gasteiger charge is -2.22. The minimum atomic E-state index is -4.61. The molecule has 2 unspecified atom stereocenters. The summed E-state index contributed by atoms with van der Waals surface area (Å²) < 4.78 is 33.7. The number of nitrogens with zero attached hydrogens (tertiary/aromatic N) is 1. The van der Waals surface area contributed by atoms with E-state index >= 15 is 0 Å². The molecule has 0 aromatic heterocycles. The molecule has 0 spiro atoms. The van der Waals surface area contributed by atoms with Crippen molar-refractivity contribution >= 4 is 16.1 Å². The maximum Gasteiger partial charge on any atom is 0.307 e. The summed E-state index contributed by atoms with van der Waals surface area (Å²) in [6.07, 6.45) is -0.275. The lowest BCUT2D eigenvalue weighted by atomic mass is 10.3. The summed E-state index contributed by atoms with van der Waals surface area (Å²) in [5.41, 5.74) is 5.33. The number of nitrogens with two attached hydrogens (primary N) is 1. The molecule has 1 aliphatic heterocycles. The number of hydrogen-bond donors (Lipinski definition) is 1. The SMILES string of the molecule is CC(CN)N1CC(S(=O)(=O)F)CC1=O. The Balaban J connectivity index is 2.75. The van der Waals surface area contributed by atoms with Gasteiger partial charge in [0.05, 0.1) is 0 Å². The monoisotopic (exact) mass is 224 g/mol. The molecule has 0 aromatic rings. The molecule has 1 heterocycles. The number of carbonyl (C=O) groups is 1. The van der Waals surface area contributed by atoms with Crippen LogP contribution in [0, 0.1) is 0 Å². The highest BCUT2D eigenvalue weighted by atomic mass is 32.3. The standard InChI is InChI=1S/C7H13FN2O3S/c1-5(3-9)10-4-6(2-7(10)11)14(8,12)13/h5-6H,2-4,9H2,1H3. The fourth-order valence-electron chi connectivity index (χ4n) is 1.44. The van der Waals surface area contributed by atoms with Gasteiger partial charge in [0.2, 0.25) is 5.91 Å². The number of amides is 1. The van der Waals surface area contributed by atoms with Crippen LogP contribution in [0.2, 0.25) is 0 Å². The van der Waals surface area contributed by atoms with Gasteiger partial charge < -0.3 is 10.6 Å². The van der Waals surface area contributed by atoms with Crippen LogP contribution in [0.15, 0.2) is 0 Å². The molecule has 0 radical (unpaired) electrons. The molecular formula is C7H13FN2O3S. The van der Waals surface area contributed by atoms with Crippen molar-refractivity contribution in [3.8, 4) is 0 Å². The fourth-order valence-corrected chi connectivity index (χ4v) is 2.12. The zero-order chi connectivity index (χ0) is 10.9. The molecular weight excluding hydrogens is 211 g/mol. The zero-order valence-corrected chi connectivity index (χ0v) is 8.63. The van der Waals surface area contributed by atoms with Gasteiger partial charge >= 0.3 is 10.2 Å². The van der Waals surface area contributed by atoms with Crippen molar-refractivity contribution in [2.24, 2.45) is 5.73 Å². The highest BCUT2D eigenvalue weighted by Crippen LogP contribution is 2.21. The summed E-state index contributed by atoms with van der Waals surface area (Å²) in [4.78, 5) is 12.6. The van der Waals surface area contributed by atoms with Gasteiger partial charge in [-0.15, -0.1) is 3.89 Å². The van der Waals surface area contributed by atoms with Gasteiger partial charge in [0.15, 0.2) is 0 Å². The van der Waals surface area contributed by atoms with E-state index in [9.17, 15) is 17.1 Å². The van der Waals surface area contributed by atoms with Crippen LogP contribution in [0.25, 0.3) is 0 Å². The number of halogens is 1. The second-order valence-corrected chi connectivity index (χ2v) is 5.05. The molecule has 82 valence electrons. The van der Waals surface area contributed by atoms with E-state index in [1.165, 1.54) is 4.90 Å². The van der Waals surface area contributed by atoms with Gasteiger partial charge in [0.25, 0.3) is 0 Å². The van der Waals surface area contributed by atoms with Crippen molar-refractivity contribution in [2.75, 3.05) is 13.1 Å². The van der Waals surface area contributed by atoms with Crippen molar-refractivity contribution < 1.29 is 17.1 Å². The number of rotatable bonds is 3. The van der Waals surface area contributed by atoms with Crippen LogP contribution >= 0.6 is 0 Å². The Kier molecular flexibility index (Phi) is 3.10. The lowest BCUT2D eigenvalue weighted by Crippen LogP contribution is -2.40. The van der Waals surface area contributed by atoms with Gasteiger partial charge in [0.1, 0.15) is 5.25 Å². The molecule has 0 aromatic carbocycles. The maximum absolute atomic E-state index is 12.6. The van der Waals surface area contributed by atoms with Crippen LogP contribution in [0.4, 0.5) is 3.89 Å². The van der Waals surface area contributed by atoms with Gasteiger partial charge in [0, 0.05) is 25.6 Å². The normalized spacial score (nSPS) is 25.5. The first-order valence-electron chi connectivity index (χ1n) is 4.29. The van der Waals surface area contributed by atoms with Crippen LogP contribution in [0.5, 0.6) is 0 Å². The Hall–Kier alpha value is -0.690. The summed E-state index contributed by atoms with van der Waals surface area (Å²) in [6, 6.07) is -0.241. The molecule has 1 rings (SSSR count). The Morgan fingerprint density at radius 1 is 1.71 bits per heavy atom. The predicted molar refractivity (Wildman–Crippen MR) is 48.7 cm³/mol. The Morgan fingerprint density at radius 3 is 2.64 bits per heavy atom. The molecule has 14 heavy (non-hydrogen) atoms. The third-order valence-corrected chi connectivity index (χ3v) is 3.51. The quantitative estimate of drug-likeness (QED) is 0.638. The zero-order valence-electron chi connectivity index (χ0n) is 7.81. The molecule has 1 saturated heterocycles. The Labute approximate surface area is 82.3 Å². The average Bonchev–Trinajstić information content (AvgIpc) is 2.45. The molecule has 0 bridgehead atoms. The molecule has 1 fully saturated rings. The Morgan fingerprint density at radius 2 is 2.29 bits per heavy atom. The first kappa shape index (κ1) is 11.4. The predicted octanol–water partition coefficient (Wildman–Crippen LogP) is -0.766. The highest BCUT2D eigenvalue weighted by Gasteiger charge is 2.39. The average molecular weight is 224 g/mol. The molecule has 0 saturated carbocycles. The molecule has 2 N–H and O–H groups in total. The molecule has 1 amide bonds. The van der Waals surface area contributed by atoms with Crippen molar-refractivity contribution in [3.05, 3.63) is 0 Å². The van der Waals surface area contributed by atoms with Crippen molar-refractivity contribution in [1.29, 1.82) is 0 Å². The maximum atomic E-state index is 12.6. The van der Waals surface area contributed by atoms with E-state index in [1.807, 2.05) is 0 Å². The van der Waals surface area contributed by atoms with E-state index in [0.717, 1.165) is 0 Å². The number of carbonyl (C=O) groups excluding carboxylic acids is 1. The summed E-state index contributed by atoms with van der Waals surface area (Å²) >= 11 is 0. The van der Waals surface area contributed by atoms with Gasteiger partial charge in [-0.2, -0.15) is 8.42 Å². The minimum absolute atomic E-state index is 0.0873.